The molecule has 3 nitrogen and oxygen atoms in total. The highest BCUT2D eigenvalue weighted by molar-refractivity contribution is 5.13. The van der Waals surface area contributed by atoms with E-state index >= 15 is 0 Å². The molecule has 1 atom stereocenters. The molecule has 0 spiro atoms. The van der Waals surface area contributed by atoms with Gasteiger partial charge in [0.15, 0.2) is 0 Å². The lowest BCUT2D eigenvalue weighted by molar-refractivity contribution is 0.342. The highest BCUT2D eigenvalue weighted by atomic mass is 16.2. The molecule has 1 rings (SSSR count). The molecule has 76 valence electrons. The summed E-state index contributed by atoms with van der Waals surface area (Å²) in [6.07, 6.45) is 8.97. The van der Waals surface area contributed by atoms with Crippen molar-refractivity contribution in [2.24, 2.45) is 5.73 Å². The number of pyridine rings is 1. The van der Waals surface area contributed by atoms with Gasteiger partial charge in [-0.25, -0.2) is 0 Å². The molecule has 0 radical (unpaired) electrons. The van der Waals surface area contributed by atoms with E-state index in [1.165, 1.54) is 0 Å². The summed E-state index contributed by atoms with van der Waals surface area (Å²) in [5.74, 6) is 0. The van der Waals surface area contributed by atoms with Crippen LogP contribution in [0.2, 0.25) is 0 Å². The zero-order valence-electron chi connectivity index (χ0n) is 8.13. The van der Waals surface area contributed by atoms with E-state index in [9.17, 15) is 0 Å². The zero-order chi connectivity index (χ0) is 10.2. The molecular weight excluding hydrogens is 176 g/mol. The maximum atomic E-state index is 8.52. The first kappa shape index (κ1) is 10.9. The fourth-order valence-electron chi connectivity index (χ4n) is 1.23. The minimum atomic E-state index is 0.0343. The summed E-state index contributed by atoms with van der Waals surface area (Å²) in [7, 11) is 0. The van der Waals surface area contributed by atoms with Gasteiger partial charge in [-0.05, 0) is 24.5 Å². The summed E-state index contributed by atoms with van der Waals surface area (Å²) in [4.78, 5) is 4.01. The second-order valence-corrected chi connectivity index (χ2v) is 3.12. The van der Waals surface area contributed by atoms with Gasteiger partial charge in [-0.15, -0.1) is 0 Å². The number of aliphatic hydroxyl groups excluding tert-OH is 1. The van der Waals surface area contributed by atoms with Crippen LogP contribution in [0.3, 0.4) is 0 Å². The maximum absolute atomic E-state index is 8.52. The van der Waals surface area contributed by atoms with Crippen LogP contribution in [0.1, 0.15) is 24.4 Å². The van der Waals surface area contributed by atoms with E-state index in [2.05, 4.69) is 4.98 Å². The van der Waals surface area contributed by atoms with Gasteiger partial charge in [-0.2, -0.15) is 0 Å². The van der Waals surface area contributed by atoms with E-state index in [1.807, 2.05) is 18.2 Å². The molecule has 0 aliphatic rings. The first-order valence-electron chi connectivity index (χ1n) is 4.76. The number of nitrogens with two attached hydrogens (primary N) is 1. The highest BCUT2D eigenvalue weighted by Crippen LogP contribution is 2.13. The number of aromatic nitrogens is 1. The van der Waals surface area contributed by atoms with Crippen molar-refractivity contribution in [2.75, 3.05) is 6.61 Å². The van der Waals surface area contributed by atoms with Gasteiger partial charge >= 0.3 is 0 Å². The molecule has 1 unspecified atom stereocenters. The van der Waals surface area contributed by atoms with Crippen LogP contribution in [-0.2, 0) is 0 Å². The normalized spacial score (nSPS) is 13.3. The maximum Gasteiger partial charge on any atom is 0.0612 e. The molecule has 0 saturated heterocycles. The van der Waals surface area contributed by atoms with Crippen LogP contribution in [0.15, 0.2) is 36.7 Å². The fraction of sp³-hybridized carbons (Fsp3) is 0.364. The van der Waals surface area contributed by atoms with Gasteiger partial charge in [0.1, 0.15) is 0 Å². The van der Waals surface area contributed by atoms with Crippen molar-refractivity contribution < 1.29 is 5.11 Å². The summed E-state index contributed by atoms with van der Waals surface area (Å²) in [6, 6.07) is 3.90. The zero-order valence-corrected chi connectivity index (χ0v) is 8.13. The Morgan fingerprint density at radius 2 is 2.36 bits per heavy atom. The average Bonchev–Trinajstić information content (AvgIpc) is 2.25. The number of rotatable bonds is 5. The van der Waals surface area contributed by atoms with Crippen LogP contribution in [0.5, 0.6) is 0 Å². The van der Waals surface area contributed by atoms with Crippen LogP contribution in [0.25, 0.3) is 0 Å². The third-order valence-electron chi connectivity index (χ3n) is 2.03. The fourth-order valence-corrected chi connectivity index (χ4v) is 1.23. The van der Waals surface area contributed by atoms with Crippen LogP contribution in [0, 0.1) is 0 Å². The molecule has 0 bridgehead atoms. The Hall–Kier alpha value is -1.19. The van der Waals surface area contributed by atoms with E-state index in [0.29, 0.717) is 0 Å². The summed E-state index contributed by atoms with van der Waals surface area (Å²) in [5.41, 5.74) is 7.00. The Morgan fingerprint density at radius 1 is 1.50 bits per heavy atom. The second-order valence-electron chi connectivity index (χ2n) is 3.12. The quantitative estimate of drug-likeness (QED) is 0.693. The van der Waals surface area contributed by atoms with Crippen molar-refractivity contribution in [2.45, 2.75) is 18.9 Å². The van der Waals surface area contributed by atoms with Gasteiger partial charge in [-0.1, -0.05) is 18.2 Å². The lowest BCUT2D eigenvalue weighted by atomic mass is 10.1. The van der Waals surface area contributed by atoms with Crippen molar-refractivity contribution in [1.29, 1.82) is 0 Å². The van der Waals surface area contributed by atoms with Crippen molar-refractivity contribution in [3.8, 4) is 0 Å². The first-order chi connectivity index (χ1) is 6.84. The van der Waals surface area contributed by atoms with Gasteiger partial charge in [0.05, 0.1) is 6.61 Å². The van der Waals surface area contributed by atoms with E-state index in [4.69, 9.17) is 10.8 Å². The largest absolute Gasteiger partial charge is 0.392 e. The Balaban J connectivity index is 2.36. The molecule has 0 amide bonds. The van der Waals surface area contributed by atoms with Crippen molar-refractivity contribution in [1.82, 2.24) is 4.98 Å². The lowest BCUT2D eigenvalue weighted by Gasteiger charge is -2.09. The predicted molar refractivity (Wildman–Crippen MR) is 56.6 cm³/mol. The molecule has 3 N–H and O–H groups in total. The highest BCUT2D eigenvalue weighted by Gasteiger charge is 2.03. The molecule has 14 heavy (non-hydrogen) atoms. The Kier molecular flexibility index (Phi) is 4.89. The van der Waals surface area contributed by atoms with Gasteiger partial charge in [0.2, 0.25) is 0 Å². The average molecular weight is 192 g/mol. The smallest absolute Gasteiger partial charge is 0.0612 e. The number of allylic oxidation sites excluding steroid dienone is 1. The monoisotopic (exact) mass is 192 g/mol. The van der Waals surface area contributed by atoms with E-state index < -0.39 is 0 Å². The molecule has 0 aliphatic carbocycles. The van der Waals surface area contributed by atoms with Gasteiger partial charge in [0, 0.05) is 18.4 Å². The van der Waals surface area contributed by atoms with Crippen LogP contribution < -0.4 is 5.73 Å². The molecule has 1 aromatic rings. The van der Waals surface area contributed by atoms with E-state index in [1.54, 1.807) is 18.5 Å². The summed E-state index contributed by atoms with van der Waals surface area (Å²) in [5, 5.41) is 8.52. The van der Waals surface area contributed by atoms with Gasteiger partial charge < -0.3 is 10.8 Å². The lowest BCUT2D eigenvalue weighted by Crippen LogP contribution is -2.09. The molecule has 0 aromatic carbocycles. The predicted octanol–water partition coefficient (Wildman–Crippen LogP) is 1.41. The van der Waals surface area contributed by atoms with E-state index in [0.717, 1.165) is 18.4 Å². The minimum Gasteiger partial charge on any atom is -0.392 e. The molecule has 0 aliphatic heterocycles. The summed E-state index contributed by atoms with van der Waals surface area (Å²) >= 11 is 0. The van der Waals surface area contributed by atoms with Crippen LogP contribution in [-0.4, -0.2) is 16.7 Å². The second kappa shape index (κ2) is 6.29. The first-order valence-corrected chi connectivity index (χ1v) is 4.76. The summed E-state index contributed by atoms with van der Waals surface area (Å²) in [6.45, 7) is 0.0993. The van der Waals surface area contributed by atoms with Crippen LogP contribution in [0.4, 0.5) is 0 Å². The third kappa shape index (κ3) is 3.68. The number of hydrogen-bond donors (Lipinski definition) is 2. The van der Waals surface area contributed by atoms with E-state index in [-0.39, 0.29) is 12.6 Å². The number of aliphatic hydroxyl groups is 1. The number of hydrogen-bond acceptors (Lipinski definition) is 3. The topological polar surface area (TPSA) is 59.1 Å². The molecular formula is C11H16N2O. The van der Waals surface area contributed by atoms with Crippen LogP contribution >= 0.6 is 0 Å². The number of nitrogens with zero attached hydrogens (tertiary/aromatic N) is 1. The third-order valence-corrected chi connectivity index (χ3v) is 2.03. The summed E-state index contributed by atoms with van der Waals surface area (Å²) < 4.78 is 0. The van der Waals surface area contributed by atoms with Crippen molar-refractivity contribution in [3.63, 3.8) is 0 Å². The molecule has 0 saturated carbocycles. The molecule has 1 aromatic heterocycles. The Morgan fingerprint density at radius 3 is 3.00 bits per heavy atom. The Labute approximate surface area is 84.3 Å². The molecule has 1 heterocycles. The van der Waals surface area contributed by atoms with Gasteiger partial charge in [-0.3, -0.25) is 4.98 Å². The molecule has 0 fully saturated rings. The SMILES string of the molecule is NC(CC/C=C\CO)c1cccnc1. The van der Waals surface area contributed by atoms with Gasteiger partial charge in [0.25, 0.3) is 0 Å². The Bertz CT molecular complexity index is 272. The minimum absolute atomic E-state index is 0.0343. The standard InChI is InChI=1S/C11H16N2O/c12-11(6-2-1-3-8-14)10-5-4-7-13-9-10/h1,3-5,7,9,11,14H,2,6,8,12H2/b3-1-. The van der Waals surface area contributed by atoms with Crippen molar-refractivity contribution >= 4 is 0 Å². The van der Waals surface area contributed by atoms with Crippen molar-refractivity contribution in [3.05, 3.63) is 42.2 Å². The molecule has 3 heteroatoms.